The van der Waals surface area contributed by atoms with Crippen molar-refractivity contribution in [3.05, 3.63) is 47.7 Å². The standard InChI is InChI=1S/C34H43N5O6/c1-20(2)28-29(41)35-22(4)30(42)39-18-6-14-33(5,38-39)31(43)36-21(3)26-10-9-24-8-7-23(19-27(24)37-26)11-15-34(32(44)45-28)16-12-25(40)13-17-34/h7-11,15,19-22,28,38H,6,12-14,16-18H2,1-5H3,(H,35,41)(H,36,43)/b15-11+/t21-,22+,28+,33?/m1/s1. The number of amides is 3. The molecule has 1 aromatic heterocycles. The number of esters is 1. The number of ether oxygens (including phenoxy) is 1. The van der Waals surface area contributed by atoms with E-state index in [4.69, 9.17) is 9.72 Å². The van der Waals surface area contributed by atoms with Crippen LogP contribution in [0.1, 0.15) is 90.4 Å². The zero-order valence-electron chi connectivity index (χ0n) is 26.6. The van der Waals surface area contributed by atoms with Crippen molar-refractivity contribution in [1.29, 1.82) is 0 Å². The number of Topliss-reactive ketones (excluding diaryl/α,β-unsaturated/α-hetero) is 1. The van der Waals surface area contributed by atoms with Gasteiger partial charge in [0.2, 0.25) is 5.91 Å². The molecule has 3 heterocycles. The minimum atomic E-state index is -1.15. The average Bonchev–Trinajstić information content (AvgIpc) is 3.01. The van der Waals surface area contributed by atoms with Crippen LogP contribution in [0, 0.1) is 11.3 Å². The molecular weight excluding hydrogens is 574 g/mol. The van der Waals surface area contributed by atoms with Gasteiger partial charge in [0.15, 0.2) is 6.10 Å². The van der Waals surface area contributed by atoms with Crippen molar-refractivity contribution in [2.24, 2.45) is 11.3 Å². The molecule has 4 atom stereocenters. The largest absolute Gasteiger partial charge is 0.451 e. The van der Waals surface area contributed by atoms with Crippen molar-refractivity contribution in [1.82, 2.24) is 26.1 Å². The quantitative estimate of drug-likeness (QED) is 0.412. The van der Waals surface area contributed by atoms with Crippen LogP contribution in [-0.2, 0) is 28.7 Å². The fourth-order valence-corrected chi connectivity index (χ4v) is 6.24. The zero-order valence-corrected chi connectivity index (χ0v) is 26.6. The number of nitrogens with one attached hydrogen (secondary N) is 3. The number of rotatable bonds is 1. The smallest absolute Gasteiger partial charge is 0.316 e. The Kier molecular flexibility index (Phi) is 9.11. The van der Waals surface area contributed by atoms with Crippen LogP contribution in [0.4, 0.5) is 0 Å². The second-order valence-corrected chi connectivity index (χ2v) is 13.2. The number of pyridine rings is 1. The van der Waals surface area contributed by atoms with Crippen LogP contribution in [-0.4, -0.2) is 63.7 Å². The van der Waals surface area contributed by atoms with E-state index >= 15 is 0 Å². The number of aromatic nitrogens is 1. The first kappa shape index (κ1) is 32.3. The molecule has 5 rings (SSSR count). The van der Waals surface area contributed by atoms with Crippen molar-refractivity contribution < 1.29 is 28.7 Å². The lowest BCUT2D eigenvalue weighted by atomic mass is 9.73. The number of carbonyl (C=O) groups excluding carboxylic acids is 5. The van der Waals surface area contributed by atoms with Crippen LogP contribution in [0.5, 0.6) is 0 Å². The summed E-state index contributed by atoms with van der Waals surface area (Å²) in [6.07, 6.45) is 4.58. The third-order valence-corrected chi connectivity index (χ3v) is 9.26. The maximum Gasteiger partial charge on any atom is 0.316 e. The van der Waals surface area contributed by atoms with Gasteiger partial charge in [0.05, 0.1) is 22.7 Å². The molecule has 0 radical (unpaired) electrons. The van der Waals surface area contributed by atoms with Crippen molar-refractivity contribution in [3.8, 4) is 0 Å². The lowest BCUT2D eigenvalue weighted by molar-refractivity contribution is -0.168. The zero-order chi connectivity index (χ0) is 32.5. The number of fused-ring (bicyclic) bond motifs is 4. The van der Waals surface area contributed by atoms with Gasteiger partial charge in [-0.3, -0.25) is 34.0 Å². The molecule has 2 fully saturated rings. The molecule has 3 aliphatic rings. The van der Waals surface area contributed by atoms with E-state index in [1.165, 1.54) is 5.01 Å². The Hall–Kier alpha value is -4.12. The van der Waals surface area contributed by atoms with E-state index in [1.54, 1.807) is 33.8 Å². The first-order chi connectivity index (χ1) is 21.3. The van der Waals surface area contributed by atoms with Gasteiger partial charge in [-0.15, -0.1) is 0 Å². The van der Waals surface area contributed by atoms with E-state index in [0.29, 0.717) is 25.1 Å². The predicted molar refractivity (Wildman–Crippen MR) is 168 cm³/mol. The van der Waals surface area contributed by atoms with E-state index in [2.05, 4.69) is 16.1 Å². The predicted octanol–water partition coefficient (Wildman–Crippen LogP) is 3.53. The molecule has 3 amide bonds. The van der Waals surface area contributed by atoms with Gasteiger partial charge in [-0.25, -0.2) is 5.43 Å². The van der Waals surface area contributed by atoms with Gasteiger partial charge in [-0.1, -0.05) is 44.2 Å². The summed E-state index contributed by atoms with van der Waals surface area (Å²) in [5, 5.41) is 8.08. The second-order valence-electron chi connectivity index (χ2n) is 13.2. The molecular formula is C34H43N5O6. The summed E-state index contributed by atoms with van der Waals surface area (Å²) < 4.78 is 5.92. The molecule has 1 spiro atoms. The van der Waals surface area contributed by atoms with Crippen molar-refractivity contribution in [3.63, 3.8) is 0 Å². The molecule has 2 aliphatic heterocycles. The normalized spacial score (nSPS) is 29.0. The molecule has 2 aromatic rings. The van der Waals surface area contributed by atoms with Gasteiger partial charge in [-0.2, -0.15) is 0 Å². The molecule has 240 valence electrons. The molecule has 11 nitrogen and oxygen atoms in total. The Bertz CT molecular complexity index is 1540. The summed E-state index contributed by atoms with van der Waals surface area (Å²) in [5.41, 5.74) is 3.16. The third kappa shape index (κ3) is 6.78. The van der Waals surface area contributed by atoms with Crippen LogP contribution in [0.3, 0.4) is 0 Å². The highest BCUT2D eigenvalue weighted by molar-refractivity contribution is 5.93. The van der Waals surface area contributed by atoms with Gasteiger partial charge in [0.25, 0.3) is 11.8 Å². The molecule has 45 heavy (non-hydrogen) atoms. The van der Waals surface area contributed by atoms with Gasteiger partial charge in [0.1, 0.15) is 17.4 Å². The number of ketones is 1. The van der Waals surface area contributed by atoms with Crippen LogP contribution in [0.25, 0.3) is 17.0 Å². The van der Waals surface area contributed by atoms with Gasteiger partial charge < -0.3 is 15.4 Å². The average molecular weight is 618 g/mol. The number of nitrogens with zero attached hydrogens (tertiary/aromatic N) is 2. The molecule has 1 aliphatic carbocycles. The third-order valence-electron chi connectivity index (χ3n) is 9.26. The van der Waals surface area contributed by atoms with E-state index < -0.39 is 46.9 Å². The Morgan fingerprint density at radius 2 is 1.67 bits per heavy atom. The summed E-state index contributed by atoms with van der Waals surface area (Å²) in [6, 6.07) is 8.25. The van der Waals surface area contributed by atoms with Crippen molar-refractivity contribution in [2.75, 3.05) is 6.54 Å². The maximum absolute atomic E-state index is 13.9. The highest BCUT2D eigenvalue weighted by Gasteiger charge is 2.44. The van der Waals surface area contributed by atoms with Crippen molar-refractivity contribution >= 4 is 46.5 Å². The fraction of sp³-hybridized carbons (Fsp3) is 0.529. The SMILES string of the molecule is CC(C)[C@@H]1OC(=O)C2(/C=C/c3ccc4ccc(nc4c3)[C@@H](C)NC(=O)C3(C)CCCN(N3)C(=O)[C@H](C)NC1=O)CCC(=O)CC2. The van der Waals surface area contributed by atoms with Gasteiger partial charge >= 0.3 is 5.97 Å². The lowest BCUT2D eigenvalue weighted by Gasteiger charge is -2.41. The minimum Gasteiger partial charge on any atom is -0.451 e. The second kappa shape index (κ2) is 12.7. The number of hydrazine groups is 1. The molecule has 11 heteroatoms. The number of hydrogen-bond acceptors (Lipinski definition) is 8. The summed E-state index contributed by atoms with van der Waals surface area (Å²) in [7, 11) is 0. The van der Waals surface area contributed by atoms with Gasteiger partial charge in [-0.05, 0) is 70.1 Å². The number of benzene rings is 1. The maximum atomic E-state index is 13.9. The molecule has 5 bridgehead atoms. The van der Waals surface area contributed by atoms with Crippen LogP contribution in [0.15, 0.2) is 36.4 Å². The molecule has 1 saturated heterocycles. The Morgan fingerprint density at radius 3 is 2.38 bits per heavy atom. The highest BCUT2D eigenvalue weighted by Crippen LogP contribution is 2.39. The topological polar surface area (TPSA) is 147 Å². The molecule has 1 aromatic carbocycles. The van der Waals surface area contributed by atoms with E-state index in [0.717, 1.165) is 16.5 Å². The number of carbonyl (C=O) groups is 5. The highest BCUT2D eigenvalue weighted by atomic mass is 16.5. The minimum absolute atomic E-state index is 0.0840. The van der Waals surface area contributed by atoms with E-state index in [9.17, 15) is 24.0 Å². The van der Waals surface area contributed by atoms with Crippen LogP contribution in [0.2, 0.25) is 0 Å². The van der Waals surface area contributed by atoms with Gasteiger partial charge in [0, 0.05) is 24.8 Å². The number of hydrogen-bond donors (Lipinski definition) is 3. The molecule has 1 saturated carbocycles. The lowest BCUT2D eigenvalue weighted by Crippen LogP contribution is -2.67. The summed E-state index contributed by atoms with van der Waals surface area (Å²) >= 11 is 0. The van der Waals surface area contributed by atoms with Crippen molar-refractivity contribution in [2.45, 2.75) is 96.9 Å². The number of cyclic esters (lactones) is 1. The first-order valence-corrected chi connectivity index (χ1v) is 15.8. The summed E-state index contributed by atoms with van der Waals surface area (Å²) in [5.74, 6) is -2.13. The van der Waals surface area contributed by atoms with Crippen LogP contribution >= 0.6 is 0 Å². The molecule has 3 N–H and O–H groups in total. The van der Waals surface area contributed by atoms with E-state index in [1.807, 2.05) is 43.3 Å². The molecule has 1 unspecified atom stereocenters. The Morgan fingerprint density at radius 1 is 0.956 bits per heavy atom. The van der Waals surface area contributed by atoms with Crippen LogP contribution < -0.4 is 16.1 Å². The summed E-state index contributed by atoms with van der Waals surface area (Å²) in [6.45, 7) is 9.09. The first-order valence-electron chi connectivity index (χ1n) is 15.8. The Balaban J connectivity index is 1.55. The fourth-order valence-electron chi connectivity index (χ4n) is 6.24. The summed E-state index contributed by atoms with van der Waals surface area (Å²) in [4.78, 5) is 71.4. The van der Waals surface area contributed by atoms with E-state index in [-0.39, 0.29) is 43.3 Å². The monoisotopic (exact) mass is 617 g/mol. The Labute approximate surface area is 263 Å².